The van der Waals surface area contributed by atoms with Crippen LogP contribution in [0.2, 0.25) is 0 Å². The largest absolute Gasteiger partial charge is 0.326 e. The van der Waals surface area contributed by atoms with E-state index in [4.69, 9.17) is 0 Å². The van der Waals surface area contributed by atoms with Crippen LogP contribution in [0.1, 0.15) is 23.2 Å². The van der Waals surface area contributed by atoms with E-state index in [0.29, 0.717) is 6.42 Å². The van der Waals surface area contributed by atoms with Gasteiger partial charge in [0.2, 0.25) is 5.91 Å². The van der Waals surface area contributed by atoms with Gasteiger partial charge in [0.05, 0.1) is 12.1 Å². The maximum absolute atomic E-state index is 12.2. The summed E-state index contributed by atoms with van der Waals surface area (Å²) in [7, 11) is 0. The molecule has 3 aromatic rings. The van der Waals surface area contributed by atoms with Crippen molar-refractivity contribution in [1.29, 1.82) is 0 Å². The molecule has 0 aliphatic carbocycles. The van der Waals surface area contributed by atoms with Crippen molar-refractivity contribution in [3.05, 3.63) is 58.3 Å². The molecule has 2 aromatic heterocycles. The second kappa shape index (κ2) is 8.31. The second-order valence-corrected chi connectivity index (χ2v) is 7.44. The minimum atomic E-state index is -0.0376. The molecule has 25 heavy (non-hydrogen) atoms. The molecule has 5 nitrogen and oxygen atoms in total. The monoisotopic (exact) mass is 372 g/mol. The number of imidazole rings is 1. The first-order valence-electron chi connectivity index (χ1n) is 8.08. The highest BCUT2D eigenvalue weighted by molar-refractivity contribution is 7.98. The Morgan fingerprint density at radius 2 is 2.20 bits per heavy atom. The lowest BCUT2D eigenvalue weighted by atomic mass is 10.2. The van der Waals surface area contributed by atoms with Crippen LogP contribution in [0.25, 0.3) is 0 Å². The van der Waals surface area contributed by atoms with E-state index in [1.165, 1.54) is 11.3 Å². The molecule has 0 atom stereocenters. The lowest BCUT2D eigenvalue weighted by molar-refractivity contribution is -0.115. The molecule has 0 spiro atoms. The molecule has 0 saturated carbocycles. The quantitative estimate of drug-likeness (QED) is 0.633. The highest BCUT2D eigenvalue weighted by atomic mass is 32.2. The summed E-state index contributed by atoms with van der Waals surface area (Å²) in [6.07, 6.45) is 4.09. The Bertz CT molecular complexity index is 856. The zero-order valence-electron chi connectivity index (χ0n) is 14.2. The van der Waals surface area contributed by atoms with Crippen LogP contribution in [0.15, 0.2) is 47.2 Å². The average molecular weight is 373 g/mol. The number of aromatic nitrogens is 3. The summed E-state index contributed by atoms with van der Waals surface area (Å²) in [5.41, 5.74) is 2.89. The van der Waals surface area contributed by atoms with Crippen LogP contribution in [-0.4, -0.2) is 20.4 Å². The van der Waals surface area contributed by atoms with E-state index < -0.39 is 0 Å². The van der Waals surface area contributed by atoms with Crippen LogP contribution < -0.4 is 5.32 Å². The number of aryl methyl sites for hydroxylation is 2. The van der Waals surface area contributed by atoms with Crippen LogP contribution in [0.3, 0.4) is 0 Å². The van der Waals surface area contributed by atoms with Gasteiger partial charge in [-0.3, -0.25) is 4.79 Å². The minimum Gasteiger partial charge on any atom is -0.326 e. The fraction of sp³-hybridized carbons (Fsp3) is 0.278. The molecule has 1 amide bonds. The van der Waals surface area contributed by atoms with E-state index in [2.05, 4.69) is 26.8 Å². The highest BCUT2D eigenvalue weighted by Gasteiger charge is 2.10. The Kier molecular flexibility index (Phi) is 5.88. The number of nitrogens with zero attached hydrogens (tertiary/aromatic N) is 3. The van der Waals surface area contributed by atoms with Crippen molar-refractivity contribution in [2.75, 3.05) is 5.32 Å². The van der Waals surface area contributed by atoms with Gasteiger partial charge in [-0.2, -0.15) is 0 Å². The molecule has 130 valence electrons. The molecular formula is C18H20N4OS2. The van der Waals surface area contributed by atoms with Gasteiger partial charge in [0.25, 0.3) is 0 Å². The first kappa shape index (κ1) is 17.7. The van der Waals surface area contributed by atoms with Gasteiger partial charge in [0.1, 0.15) is 5.01 Å². The normalized spacial score (nSPS) is 10.8. The number of hydrogen-bond acceptors (Lipinski definition) is 5. The summed E-state index contributed by atoms with van der Waals surface area (Å²) < 4.78 is 2.10. The Morgan fingerprint density at radius 1 is 1.36 bits per heavy atom. The standard InChI is InChI=1S/C18H20N4OS2/c1-3-22-9-8-19-18(22)25-12-14-11-24-17(20-14)10-16(23)21-15-7-5-4-6-13(15)2/h4-9,11H,3,10,12H2,1-2H3,(H,21,23). The van der Waals surface area contributed by atoms with Gasteiger partial charge in [-0.05, 0) is 25.5 Å². The minimum absolute atomic E-state index is 0.0376. The first-order valence-corrected chi connectivity index (χ1v) is 9.95. The van der Waals surface area contributed by atoms with Gasteiger partial charge in [-0.15, -0.1) is 11.3 Å². The van der Waals surface area contributed by atoms with Crippen LogP contribution in [-0.2, 0) is 23.5 Å². The maximum atomic E-state index is 12.2. The number of benzene rings is 1. The molecule has 0 radical (unpaired) electrons. The average Bonchev–Trinajstić information content (AvgIpc) is 3.23. The number of anilines is 1. The van der Waals surface area contributed by atoms with E-state index in [-0.39, 0.29) is 5.91 Å². The number of para-hydroxylation sites is 1. The van der Waals surface area contributed by atoms with Gasteiger partial charge in [0, 0.05) is 35.8 Å². The van der Waals surface area contributed by atoms with E-state index in [1.807, 2.05) is 49.0 Å². The van der Waals surface area contributed by atoms with Crippen molar-refractivity contribution in [2.45, 2.75) is 37.7 Å². The van der Waals surface area contributed by atoms with Crippen molar-refractivity contribution >= 4 is 34.7 Å². The number of carbonyl (C=O) groups excluding carboxylic acids is 1. The molecular weight excluding hydrogens is 352 g/mol. The van der Waals surface area contributed by atoms with Crippen molar-refractivity contribution in [3.63, 3.8) is 0 Å². The third-order valence-corrected chi connectivity index (χ3v) is 5.63. The number of rotatable bonds is 7. The molecule has 1 N–H and O–H groups in total. The Hall–Kier alpha value is -2.12. The summed E-state index contributed by atoms with van der Waals surface area (Å²) in [5, 5.41) is 6.79. The molecule has 0 fully saturated rings. The molecule has 0 unspecified atom stereocenters. The highest BCUT2D eigenvalue weighted by Crippen LogP contribution is 2.23. The maximum Gasteiger partial charge on any atom is 0.231 e. The van der Waals surface area contributed by atoms with Crippen LogP contribution >= 0.6 is 23.1 Å². The van der Waals surface area contributed by atoms with Crippen molar-refractivity contribution in [2.24, 2.45) is 0 Å². The third kappa shape index (κ3) is 4.70. The van der Waals surface area contributed by atoms with Crippen LogP contribution in [0.5, 0.6) is 0 Å². The van der Waals surface area contributed by atoms with Crippen molar-refractivity contribution in [1.82, 2.24) is 14.5 Å². The predicted octanol–water partition coefficient (Wildman–Crippen LogP) is 4.14. The van der Waals surface area contributed by atoms with Gasteiger partial charge in [-0.1, -0.05) is 30.0 Å². The molecule has 0 bridgehead atoms. The number of amides is 1. The fourth-order valence-corrected chi connectivity index (χ4v) is 4.17. The lowest BCUT2D eigenvalue weighted by Crippen LogP contribution is -2.15. The van der Waals surface area contributed by atoms with E-state index >= 15 is 0 Å². The molecule has 0 aliphatic rings. The topological polar surface area (TPSA) is 59.8 Å². The molecule has 1 aromatic carbocycles. The van der Waals surface area contributed by atoms with E-state index in [9.17, 15) is 4.79 Å². The fourth-order valence-electron chi connectivity index (χ4n) is 2.36. The lowest BCUT2D eigenvalue weighted by Gasteiger charge is -2.06. The zero-order valence-corrected chi connectivity index (χ0v) is 15.9. The molecule has 3 rings (SSSR count). The van der Waals surface area contributed by atoms with Gasteiger partial charge < -0.3 is 9.88 Å². The number of nitrogens with one attached hydrogen (secondary N) is 1. The molecule has 0 saturated heterocycles. The molecule has 0 aliphatic heterocycles. The summed E-state index contributed by atoms with van der Waals surface area (Å²) in [6.45, 7) is 4.98. The van der Waals surface area contributed by atoms with Crippen LogP contribution in [0.4, 0.5) is 5.69 Å². The number of carbonyl (C=O) groups is 1. The van der Waals surface area contributed by atoms with Gasteiger partial charge in [-0.25, -0.2) is 9.97 Å². The number of thiazole rings is 1. The van der Waals surface area contributed by atoms with Crippen molar-refractivity contribution < 1.29 is 4.79 Å². The smallest absolute Gasteiger partial charge is 0.231 e. The van der Waals surface area contributed by atoms with E-state index in [0.717, 1.165) is 39.4 Å². The zero-order chi connectivity index (χ0) is 17.6. The summed E-state index contributed by atoms with van der Waals surface area (Å²) in [5.74, 6) is 0.719. The third-order valence-electron chi connectivity index (χ3n) is 3.70. The summed E-state index contributed by atoms with van der Waals surface area (Å²) in [6, 6.07) is 7.77. The Morgan fingerprint density at radius 3 is 3.00 bits per heavy atom. The number of hydrogen-bond donors (Lipinski definition) is 1. The van der Waals surface area contributed by atoms with Crippen molar-refractivity contribution in [3.8, 4) is 0 Å². The number of thioether (sulfide) groups is 1. The van der Waals surface area contributed by atoms with Gasteiger partial charge in [0.15, 0.2) is 5.16 Å². The van der Waals surface area contributed by atoms with Crippen LogP contribution in [0, 0.1) is 6.92 Å². The SMILES string of the molecule is CCn1ccnc1SCc1csc(CC(=O)Nc2ccccc2C)n1. The predicted molar refractivity (Wildman–Crippen MR) is 103 cm³/mol. The van der Waals surface area contributed by atoms with Gasteiger partial charge >= 0.3 is 0 Å². The second-order valence-electron chi connectivity index (χ2n) is 5.56. The first-order chi connectivity index (χ1) is 12.2. The summed E-state index contributed by atoms with van der Waals surface area (Å²) in [4.78, 5) is 21.1. The summed E-state index contributed by atoms with van der Waals surface area (Å²) >= 11 is 3.19. The van der Waals surface area contributed by atoms with E-state index in [1.54, 1.807) is 11.8 Å². The Labute approximate surface area is 155 Å². The Balaban J connectivity index is 1.54. The molecule has 7 heteroatoms. The molecule has 2 heterocycles.